The van der Waals surface area contributed by atoms with E-state index in [1.807, 2.05) is 0 Å². The normalized spacial score (nSPS) is 10.4. The van der Waals surface area contributed by atoms with Crippen LogP contribution in [0.15, 0.2) is 60.7 Å². The van der Waals surface area contributed by atoms with Crippen molar-refractivity contribution in [3.63, 3.8) is 0 Å². The third-order valence-corrected chi connectivity index (χ3v) is 4.45. The SMILES string of the molecule is O=C([O-])c1cccc(-c2ccc(C(=O)O)c(C(=O)O)c2-c2cccc(C(=O)[O-])c2)c1. The summed E-state index contributed by atoms with van der Waals surface area (Å²) in [4.78, 5) is 46.1. The summed E-state index contributed by atoms with van der Waals surface area (Å²) in [6.07, 6.45) is 0. The second-order valence-electron chi connectivity index (χ2n) is 6.26. The number of carboxylic acids is 4. The molecule has 0 atom stereocenters. The predicted octanol–water partition coefficient (Wildman–Crippen LogP) is 1.14. The molecule has 0 amide bonds. The molecule has 0 unspecified atom stereocenters. The Morgan fingerprint density at radius 1 is 0.667 bits per heavy atom. The zero-order valence-corrected chi connectivity index (χ0v) is 15.1. The van der Waals surface area contributed by atoms with Crippen LogP contribution < -0.4 is 10.2 Å². The molecule has 30 heavy (non-hydrogen) atoms. The van der Waals surface area contributed by atoms with Crippen molar-refractivity contribution >= 4 is 23.9 Å². The van der Waals surface area contributed by atoms with E-state index in [-0.39, 0.29) is 33.4 Å². The maximum Gasteiger partial charge on any atom is 0.337 e. The molecule has 8 heteroatoms. The van der Waals surface area contributed by atoms with Crippen molar-refractivity contribution in [1.82, 2.24) is 0 Å². The van der Waals surface area contributed by atoms with E-state index in [2.05, 4.69) is 0 Å². The van der Waals surface area contributed by atoms with Gasteiger partial charge in [-0.2, -0.15) is 0 Å². The highest BCUT2D eigenvalue weighted by atomic mass is 16.4. The molecule has 2 N–H and O–H groups in total. The van der Waals surface area contributed by atoms with E-state index in [9.17, 15) is 39.6 Å². The van der Waals surface area contributed by atoms with Crippen LogP contribution in [0.1, 0.15) is 41.4 Å². The van der Waals surface area contributed by atoms with Gasteiger partial charge in [0.2, 0.25) is 0 Å². The summed E-state index contributed by atoms with van der Waals surface area (Å²) < 4.78 is 0. The van der Waals surface area contributed by atoms with Crippen LogP contribution in [0.4, 0.5) is 0 Å². The lowest BCUT2D eigenvalue weighted by Crippen LogP contribution is -2.22. The molecule has 0 heterocycles. The van der Waals surface area contributed by atoms with Crippen LogP contribution in [0.5, 0.6) is 0 Å². The number of aromatic carboxylic acids is 4. The third-order valence-electron chi connectivity index (χ3n) is 4.45. The lowest BCUT2D eigenvalue weighted by atomic mass is 9.86. The van der Waals surface area contributed by atoms with Crippen molar-refractivity contribution in [3.8, 4) is 22.3 Å². The molecule has 0 saturated carbocycles. The summed E-state index contributed by atoms with van der Waals surface area (Å²) in [6, 6.07) is 13.1. The fourth-order valence-electron chi connectivity index (χ4n) is 3.16. The summed E-state index contributed by atoms with van der Waals surface area (Å²) in [7, 11) is 0. The van der Waals surface area contributed by atoms with Crippen LogP contribution in [0.3, 0.4) is 0 Å². The lowest BCUT2D eigenvalue weighted by molar-refractivity contribution is -0.256. The summed E-state index contributed by atoms with van der Waals surface area (Å²) in [5, 5.41) is 41.7. The molecule has 0 fully saturated rings. The Kier molecular flexibility index (Phi) is 5.33. The molecule has 3 aromatic rings. The average Bonchev–Trinajstić information content (AvgIpc) is 2.72. The van der Waals surface area contributed by atoms with Crippen molar-refractivity contribution in [2.45, 2.75) is 0 Å². The first-order chi connectivity index (χ1) is 14.2. The molecule has 0 aromatic heterocycles. The molecule has 0 aliphatic carbocycles. The van der Waals surface area contributed by atoms with Crippen molar-refractivity contribution in [3.05, 3.63) is 82.9 Å². The smallest absolute Gasteiger partial charge is 0.337 e. The van der Waals surface area contributed by atoms with Gasteiger partial charge in [0, 0.05) is 5.56 Å². The first-order valence-corrected chi connectivity index (χ1v) is 8.48. The summed E-state index contributed by atoms with van der Waals surface area (Å²) in [5.41, 5.74) is -0.932. The van der Waals surface area contributed by atoms with Gasteiger partial charge in [-0.3, -0.25) is 0 Å². The zero-order chi connectivity index (χ0) is 22.0. The van der Waals surface area contributed by atoms with Crippen LogP contribution >= 0.6 is 0 Å². The van der Waals surface area contributed by atoms with E-state index in [0.29, 0.717) is 0 Å². The Labute approximate surface area is 169 Å². The standard InChI is InChI=1S/C22H14O8/c23-19(24)13-5-1-3-11(9-13)15-7-8-16(21(27)28)18(22(29)30)17(15)12-4-2-6-14(10-12)20(25)26/h1-10H,(H,23,24)(H,25,26)(H,27,28)(H,29,30)/p-2. The number of rotatable bonds is 6. The van der Waals surface area contributed by atoms with E-state index in [4.69, 9.17) is 0 Å². The van der Waals surface area contributed by atoms with Gasteiger partial charge in [0.1, 0.15) is 0 Å². The second kappa shape index (κ2) is 7.88. The third kappa shape index (κ3) is 3.74. The fraction of sp³-hybridized carbons (Fsp3) is 0. The maximum absolute atomic E-state index is 12.0. The highest BCUT2D eigenvalue weighted by Gasteiger charge is 2.25. The van der Waals surface area contributed by atoms with Gasteiger partial charge < -0.3 is 30.0 Å². The summed E-state index contributed by atoms with van der Waals surface area (Å²) >= 11 is 0. The van der Waals surface area contributed by atoms with Gasteiger partial charge in [-0.1, -0.05) is 42.5 Å². The summed E-state index contributed by atoms with van der Waals surface area (Å²) in [6.45, 7) is 0. The van der Waals surface area contributed by atoms with Crippen LogP contribution in [0, 0.1) is 0 Å². The van der Waals surface area contributed by atoms with Crippen LogP contribution in [0.25, 0.3) is 22.3 Å². The van der Waals surface area contributed by atoms with E-state index in [1.165, 1.54) is 48.5 Å². The molecule has 0 radical (unpaired) electrons. The molecule has 0 aliphatic rings. The molecule has 150 valence electrons. The molecule has 0 saturated heterocycles. The van der Waals surface area contributed by atoms with Crippen molar-refractivity contribution in [2.75, 3.05) is 0 Å². The quantitative estimate of drug-likeness (QED) is 0.620. The van der Waals surface area contributed by atoms with Gasteiger partial charge in [0.15, 0.2) is 0 Å². The van der Waals surface area contributed by atoms with Crippen molar-refractivity contribution in [1.29, 1.82) is 0 Å². The molecule has 8 nitrogen and oxygen atoms in total. The number of hydrogen-bond acceptors (Lipinski definition) is 6. The Morgan fingerprint density at radius 2 is 1.20 bits per heavy atom. The van der Waals surface area contributed by atoms with E-state index in [0.717, 1.165) is 12.1 Å². The minimum atomic E-state index is -1.54. The number of carbonyl (C=O) groups is 4. The number of hydrogen-bond donors (Lipinski definition) is 2. The van der Waals surface area contributed by atoms with Gasteiger partial charge in [0.05, 0.1) is 23.1 Å². The van der Waals surface area contributed by atoms with Gasteiger partial charge in [0.25, 0.3) is 0 Å². The van der Waals surface area contributed by atoms with Crippen molar-refractivity contribution < 1.29 is 39.6 Å². The summed E-state index contributed by atoms with van der Waals surface area (Å²) in [5.74, 6) is -5.97. The van der Waals surface area contributed by atoms with Crippen LogP contribution in [-0.2, 0) is 0 Å². The minimum absolute atomic E-state index is 0.0685. The highest BCUT2D eigenvalue weighted by molar-refractivity contribution is 6.10. The Morgan fingerprint density at radius 3 is 1.70 bits per heavy atom. The Bertz CT molecular complexity index is 1210. The minimum Gasteiger partial charge on any atom is -0.545 e. The Hall–Kier alpha value is -4.46. The van der Waals surface area contributed by atoms with E-state index < -0.39 is 35.0 Å². The molecular weight excluding hydrogens is 392 g/mol. The largest absolute Gasteiger partial charge is 0.545 e. The molecule has 3 aromatic carbocycles. The second-order valence-corrected chi connectivity index (χ2v) is 6.26. The van der Waals surface area contributed by atoms with Gasteiger partial charge in [-0.05, 0) is 46.0 Å². The molecule has 3 rings (SSSR count). The highest BCUT2D eigenvalue weighted by Crippen LogP contribution is 2.37. The van der Waals surface area contributed by atoms with Gasteiger partial charge >= 0.3 is 11.9 Å². The van der Waals surface area contributed by atoms with E-state index >= 15 is 0 Å². The maximum atomic E-state index is 12.0. The van der Waals surface area contributed by atoms with Gasteiger partial charge in [-0.15, -0.1) is 0 Å². The zero-order valence-electron chi connectivity index (χ0n) is 15.1. The first-order valence-electron chi connectivity index (χ1n) is 8.48. The van der Waals surface area contributed by atoms with Crippen LogP contribution in [-0.4, -0.2) is 34.1 Å². The van der Waals surface area contributed by atoms with E-state index in [1.54, 1.807) is 0 Å². The number of carbonyl (C=O) groups excluding carboxylic acids is 2. The monoisotopic (exact) mass is 404 g/mol. The van der Waals surface area contributed by atoms with Gasteiger partial charge in [-0.25, -0.2) is 9.59 Å². The fourth-order valence-corrected chi connectivity index (χ4v) is 3.16. The molecule has 0 spiro atoms. The lowest BCUT2D eigenvalue weighted by Gasteiger charge is -2.17. The average molecular weight is 404 g/mol. The number of benzene rings is 3. The molecular formula is C22H12O8-2. The topological polar surface area (TPSA) is 155 Å². The first kappa shape index (κ1) is 20.3. The Balaban J connectivity index is 2.43. The molecule has 0 aliphatic heterocycles. The predicted molar refractivity (Wildman–Crippen MR) is 99.9 cm³/mol. The van der Waals surface area contributed by atoms with Crippen LogP contribution in [0.2, 0.25) is 0 Å². The number of carboxylic acid groups (broad SMARTS) is 4. The van der Waals surface area contributed by atoms with Crippen molar-refractivity contribution in [2.24, 2.45) is 0 Å². The molecule has 0 bridgehead atoms.